The Morgan fingerprint density at radius 3 is 2.18 bits per heavy atom. The molecule has 5 heteroatoms. The molecule has 3 unspecified atom stereocenters. The number of nitrogens with two attached hydrogens (primary N) is 1. The molecule has 0 heterocycles. The van der Waals surface area contributed by atoms with Crippen molar-refractivity contribution in [1.82, 2.24) is 0 Å². The molecule has 22 heavy (non-hydrogen) atoms. The summed E-state index contributed by atoms with van der Waals surface area (Å²) in [5.41, 5.74) is 7.90. The van der Waals surface area contributed by atoms with E-state index in [0.29, 0.717) is 11.4 Å². The van der Waals surface area contributed by atoms with Crippen molar-refractivity contribution in [2.75, 3.05) is 6.54 Å². The van der Waals surface area contributed by atoms with Crippen molar-refractivity contribution >= 4 is 25.8 Å². The van der Waals surface area contributed by atoms with Crippen molar-refractivity contribution in [3.05, 3.63) is 64.1 Å². The van der Waals surface area contributed by atoms with E-state index in [1.54, 1.807) is 12.1 Å². The molecular weight excluding hydrogens is 362 g/mol. The Morgan fingerprint density at radius 2 is 1.64 bits per heavy atom. The van der Waals surface area contributed by atoms with Crippen molar-refractivity contribution in [3.63, 3.8) is 0 Å². The van der Waals surface area contributed by atoms with Crippen molar-refractivity contribution in [2.45, 2.75) is 23.0 Å². The third kappa shape index (κ3) is 2.73. The van der Waals surface area contributed by atoms with E-state index in [-0.39, 0.29) is 11.8 Å². The lowest BCUT2D eigenvalue weighted by Gasteiger charge is -2.05. The highest BCUT2D eigenvalue weighted by Crippen LogP contribution is 2.53. The highest BCUT2D eigenvalue weighted by molar-refractivity contribution is 9.10. The maximum atomic E-state index is 12.9. The van der Waals surface area contributed by atoms with Crippen LogP contribution in [0.1, 0.15) is 17.0 Å². The number of rotatable bonds is 4. The molecule has 0 saturated heterocycles. The van der Waals surface area contributed by atoms with Gasteiger partial charge in [-0.05, 0) is 49.2 Å². The first kappa shape index (κ1) is 15.7. The summed E-state index contributed by atoms with van der Waals surface area (Å²) < 4.78 is 26.7. The highest BCUT2D eigenvalue weighted by atomic mass is 79.9. The van der Waals surface area contributed by atoms with Gasteiger partial charge in [0.1, 0.15) is 0 Å². The highest BCUT2D eigenvalue weighted by Gasteiger charge is 2.57. The minimum absolute atomic E-state index is 0.00696. The first-order valence-corrected chi connectivity index (χ1v) is 9.55. The molecule has 0 amide bonds. The average molecular weight is 380 g/mol. The van der Waals surface area contributed by atoms with Gasteiger partial charge >= 0.3 is 0 Å². The molecule has 1 saturated carbocycles. The number of aryl methyl sites for hydroxylation is 1. The van der Waals surface area contributed by atoms with Crippen LogP contribution in [0.25, 0.3) is 0 Å². The molecule has 0 aromatic heterocycles. The van der Waals surface area contributed by atoms with Crippen LogP contribution < -0.4 is 5.73 Å². The minimum Gasteiger partial charge on any atom is -0.330 e. The van der Waals surface area contributed by atoms with Gasteiger partial charge in [0, 0.05) is 10.4 Å². The van der Waals surface area contributed by atoms with Gasteiger partial charge in [0.25, 0.3) is 0 Å². The van der Waals surface area contributed by atoms with Crippen LogP contribution in [0.5, 0.6) is 0 Å². The Morgan fingerprint density at radius 1 is 1.05 bits per heavy atom. The molecule has 2 aromatic rings. The molecular formula is C17H18BrNO2S. The summed E-state index contributed by atoms with van der Waals surface area (Å²) in [6, 6.07) is 14.9. The Labute approximate surface area is 139 Å². The summed E-state index contributed by atoms with van der Waals surface area (Å²) in [6.07, 6.45) is 0. The third-order valence-corrected chi connectivity index (χ3v) is 7.15. The van der Waals surface area contributed by atoms with Crippen LogP contribution in [0.2, 0.25) is 0 Å². The van der Waals surface area contributed by atoms with Crippen LogP contribution in [0, 0.1) is 12.8 Å². The predicted octanol–water partition coefficient (Wildman–Crippen LogP) is 3.27. The van der Waals surface area contributed by atoms with Gasteiger partial charge in [-0.3, -0.25) is 0 Å². The van der Waals surface area contributed by atoms with E-state index in [1.807, 2.05) is 43.3 Å². The van der Waals surface area contributed by atoms with Gasteiger partial charge in [-0.1, -0.05) is 45.8 Å². The smallest absolute Gasteiger partial charge is 0.182 e. The van der Waals surface area contributed by atoms with Crippen LogP contribution in [0.15, 0.2) is 57.9 Å². The van der Waals surface area contributed by atoms with Gasteiger partial charge in [-0.25, -0.2) is 8.42 Å². The lowest BCUT2D eigenvalue weighted by atomic mass is 10.1. The number of sulfone groups is 1. The normalized spacial score (nSPS) is 24.2. The molecule has 116 valence electrons. The largest absolute Gasteiger partial charge is 0.330 e. The molecule has 3 atom stereocenters. The Hall–Kier alpha value is -1.17. The zero-order valence-electron chi connectivity index (χ0n) is 12.2. The molecule has 2 aromatic carbocycles. The van der Waals surface area contributed by atoms with E-state index in [2.05, 4.69) is 15.9 Å². The number of halogens is 1. The summed E-state index contributed by atoms with van der Waals surface area (Å²) in [7, 11) is -3.34. The molecule has 1 aliphatic rings. The topological polar surface area (TPSA) is 60.2 Å². The van der Waals surface area contributed by atoms with E-state index < -0.39 is 15.1 Å². The first-order chi connectivity index (χ1) is 10.4. The molecule has 3 nitrogen and oxygen atoms in total. The number of benzene rings is 2. The van der Waals surface area contributed by atoms with Crippen LogP contribution in [0.4, 0.5) is 0 Å². The Kier molecular flexibility index (Phi) is 4.14. The van der Waals surface area contributed by atoms with Gasteiger partial charge in [0.2, 0.25) is 0 Å². The van der Waals surface area contributed by atoms with E-state index in [0.717, 1.165) is 15.6 Å². The Bertz CT molecular complexity index is 769. The molecule has 1 aliphatic carbocycles. The maximum Gasteiger partial charge on any atom is 0.182 e. The van der Waals surface area contributed by atoms with E-state index >= 15 is 0 Å². The van der Waals surface area contributed by atoms with Crippen LogP contribution >= 0.6 is 15.9 Å². The second-order valence-corrected chi connectivity index (χ2v) is 8.82. The Balaban J connectivity index is 1.93. The quantitative estimate of drug-likeness (QED) is 0.886. The van der Waals surface area contributed by atoms with Crippen LogP contribution in [-0.4, -0.2) is 20.2 Å². The fourth-order valence-electron chi connectivity index (χ4n) is 3.05. The summed E-state index contributed by atoms with van der Waals surface area (Å²) in [6.45, 7) is 2.33. The summed E-state index contributed by atoms with van der Waals surface area (Å²) >= 11 is 3.40. The van der Waals surface area contributed by atoms with Gasteiger partial charge in [0.15, 0.2) is 9.84 Å². The second kappa shape index (κ2) is 5.80. The number of hydrogen-bond acceptors (Lipinski definition) is 3. The van der Waals surface area contributed by atoms with Gasteiger partial charge in [-0.15, -0.1) is 0 Å². The lowest BCUT2D eigenvalue weighted by Crippen LogP contribution is -2.13. The van der Waals surface area contributed by atoms with Gasteiger partial charge < -0.3 is 5.73 Å². The van der Waals surface area contributed by atoms with E-state index in [4.69, 9.17) is 5.73 Å². The maximum absolute atomic E-state index is 12.9. The van der Waals surface area contributed by atoms with Gasteiger partial charge in [0.05, 0.1) is 10.1 Å². The summed E-state index contributed by atoms with van der Waals surface area (Å²) in [5, 5.41) is -0.415. The van der Waals surface area contributed by atoms with Crippen molar-refractivity contribution in [1.29, 1.82) is 0 Å². The fourth-order valence-corrected chi connectivity index (χ4v) is 5.54. The van der Waals surface area contributed by atoms with E-state index in [1.165, 1.54) is 0 Å². The SMILES string of the molecule is Cc1ccc(S(=O)(=O)C2C(CN)C2c2ccc(Br)cc2)cc1. The molecule has 2 N–H and O–H groups in total. The zero-order valence-corrected chi connectivity index (χ0v) is 14.6. The van der Waals surface area contributed by atoms with Crippen LogP contribution in [0.3, 0.4) is 0 Å². The molecule has 3 rings (SSSR count). The molecule has 0 aliphatic heterocycles. The van der Waals surface area contributed by atoms with E-state index in [9.17, 15) is 8.42 Å². The fraction of sp³-hybridized carbons (Fsp3) is 0.294. The molecule has 0 radical (unpaired) electrons. The van der Waals surface area contributed by atoms with Crippen molar-refractivity contribution in [3.8, 4) is 0 Å². The lowest BCUT2D eigenvalue weighted by molar-refractivity contribution is 0.591. The van der Waals surface area contributed by atoms with Crippen molar-refractivity contribution < 1.29 is 8.42 Å². The standard InChI is InChI=1S/C17H18BrNO2S/c1-11-2-8-14(9-3-11)22(20,21)17-15(10-19)16(17)12-4-6-13(18)7-5-12/h2-9,15-17H,10,19H2,1H3. The third-order valence-electron chi connectivity index (χ3n) is 4.33. The first-order valence-electron chi connectivity index (χ1n) is 7.21. The van der Waals surface area contributed by atoms with Crippen molar-refractivity contribution in [2.24, 2.45) is 11.7 Å². The molecule has 0 bridgehead atoms. The number of hydrogen-bond donors (Lipinski definition) is 1. The summed E-state index contributed by atoms with van der Waals surface area (Å²) in [5.74, 6) is -0.0168. The average Bonchev–Trinajstić information content (AvgIpc) is 3.24. The minimum atomic E-state index is -3.34. The van der Waals surface area contributed by atoms with Gasteiger partial charge in [-0.2, -0.15) is 0 Å². The predicted molar refractivity (Wildman–Crippen MR) is 91.6 cm³/mol. The summed E-state index contributed by atoms with van der Waals surface area (Å²) in [4.78, 5) is 0.390. The van der Waals surface area contributed by atoms with Crippen LogP contribution in [-0.2, 0) is 9.84 Å². The monoisotopic (exact) mass is 379 g/mol. The second-order valence-electron chi connectivity index (χ2n) is 5.80. The zero-order chi connectivity index (χ0) is 15.9. The molecule has 1 fully saturated rings. The molecule has 0 spiro atoms.